The number of rotatable bonds is 4. The van der Waals surface area contributed by atoms with Gasteiger partial charge in [-0.15, -0.1) is 0 Å². The fourth-order valence-corrected chi connectivity index (χ4v) is 3.72. The van der Waals surface area contributed by atoms with E-state index in [1.165, 1.54) is 29.2 Å². The van der Waals surface area contributed by atoms with E-state index in [-0.39, 0.29) is 17.0 Å². The third-order valence-electron chi connectivity index (χ3n) is 5.19. The van der Waals surface area contributed by atoms with Gasteiger partial charge in [-0.3, -0.25) is 24.6 Å². The van der Waals surface area contributed by atoms with E-state index in [1.807, 2.05) is 13.0 Å². The van der Waals surface area contributed by atoms with Crippen LogP contribution in [0.4, 0.5) is 11.4 Å². The molecule has 0 bridgehead atoms. The Balaban J connectivity index is 1.94. The van der Waals surface area contributed by atoms with Crippen LogP contribution in [0.1, 0.15) is 22.7 Å². The highest BCUT2D eigenvalue weighted by molar-refractivity contribution is 6.51. The van der Waals surface area contributed by atoms with Gasteiger partial charge in [0.25, 0.3) is 17.4 Å². The summed E-state index contributed by atoms with van der Waals surface area (Å²) in [6.45, 7) is 1.87. The normalized spacial score (nSPS) is 17.7. The number of nitro benzene ring substituents is 1. The van der Waals surface area contributed by atoms with Crippen molar-refractivity contribution in [1.82, 2.24) is 0 Å². The van der Waals surface area contributed by atoms with E-state index in [0.717, 1.165) is 5.56 Å². The molecule has 1 N–H and O–H groups in total. The van der Waals surface area contributed by atoms with E-state index in [0.29, 0.717) is 16.8 Å². The summed E-state index contributed by atoms with van der Waals surface area (Å²) in [5.41, 5.74) is 2.09. The minimum Gasteiger partial charge on any atom is -0.507 e. The summed E-state index contributed by atoms with van der Waals surface area (Å²) < 4.78 is 0. The molecule has 3 aromatic rings. The second-order valence-corrected chi connectivity index (χ2v) is 7.22. The lowest BCUT2D eigenvalue weighted by atomic mass is 9.95. The Labute approximate surface area is 178 Å². The molecule has 1 saturated heterocycles. The lowest BCUT2D eigenvalue weighted by Gasteiger charge is -2.25. The largest absolute Gasteiger partial charge is 0.507 e. The molecule has 1 atom stereocenters. The van der Waals surface area contributed by atoms with Gasteiger partial charge in [0.1, 0.15) is 5.76 Å². The highest BCUT2D eigenvalue weighted by Crippen LogP contribution is 2.42. The van der Waals surface area contributed by atoms with E-state index in [9.17, 15) is 24.8 Å². The Morgan fingerprint density at radius 2 is 1.65 bits per heavy atom. The summed E-state index contributed by atoms with van der Waals surface area (Å²) in [4.78, 5) is 37.9. The van der Waals surface area contributed by atoms with Crippen molar-refractivity contribution in [1.29, 1.82) is 0 Å². The van der Waals surface area contributed by atoms with Crippen LogP contribution >= 0.6 is 0 Å². The number of nitrogens with zero attached hydrogens (tertiary/aromatic N) is 2. The number of aliphatic hydroxyl groups is 1. The van der Waals surface area contributed by atoms with Crippen molar-refractivity contribution in [3.63, 3.8) is 0 Å². The summed E-state index contributed by atoms with van der Waals surface area (Å²) in [5.74, 6) is -1.88. The number of aliphatic hydroxyl groups excluding tert-OH is 1. The zero-order chi connectivity index (χ0) is 22.1. The summed E-state index contributed by atoms with van der Waals surface area (Å²) in [6, 6.07) is 20.3. The maximum absolute atomic E-state index is 13.0. The predicted molar refractivity (Wildman–Crippen MR) is 116 cm³/mol. The van der Waals surface area contributed by atoms with Gasteiger partial charge in [-0.2, -0.15) is 0 Å². The van der Waals surface area contributed by atoms with Gasteiger partial charge in [-0.25, -0.2) is 0 Å². The van der Waals surface area contributed by atoms with Gasteiger partial charge in [0, 0.05) is 23.4 Å². The van der Waals surface area contributed by atoms with Crippen LogP contribution < -0.4 is 4.90 Å². The number of benzene rings is 3. The van der Waals surface area contributed by atoms with Gasteiger partial charge < -0.3 is 5.11 Å². The summed E-state index contributed by atoms with van der Waals surface area (Å²) >= 11 is 0. The zero-order valence-corrected chi connectivity index (χ0v) is 16.6. The van der Waals surface area contributed by atoms with Crippen LogP contribution in [-0.4, -0.2) is 21.7 Å². The highest BCUT2D eigenvalue weighted by atomic mass is 16.6. The molecule has 0 spiro atoms. The molecule has 7 nitrogen and oxygen atoms in total. The van der Waals surface area contributed by atoms with E-state index in [2.05, 4.69) is 0 Å². The molecule has 1 heterocycles. The maximum Gasteiger partial charge on any atom is 0.300 e. The number of ketones is 1. The van der Waals surface area contributed by atoms with Crippen molar-refractivity contribution < 1.29 is 19.6 Å². The minimum absolute atomic E-state index is 0.0634. The van der Waals surface area contributed by atoms with Crippen LogP contribution in [0.3, 0.4) is 0 Å². The number of Topliss-reactive ketones (excluding diaryl/α,β-unsaturated/α-hetero) is 1. The SMILES string of the molecule is Cc1cccc(N2C(=O)C(=O)/C(=C(\O)c3ccccc3)C2c2ccc([N+](=O)[O-])cc2)c1. The van der Waals surface area contributed by atoms with Crippen LogP contribution in [-0.2, 0) is 9.59 Å². The van der Waals surface area contributed by atoms with Gasteiger partial charge in [0.05, 0.1) is 16.5 Å². The van der Waals surface area contributed by atoms with E-state index < -0.39 is 22.7 Å². The van der Waals surface area contributed by atoms with Crippen molar-refractivity contribution >= 4 is 28.8 Å². The van der Waals surface area contributed by atoms with Crippen molar-refractivity contribution in [2.24, 2.45) is 0 Å². The molecule has 0 saturated carbocycles. The summed E-state index contributed by atoms with van der Waals surface area (Å²) in [6.07, 6.45) is 0. The van der Waals surface area contributed by atoms with Gasteiger partial charge in [-0.1, -0.05) is 42.5 Å². The Morgan fingerprint density at radius 1 is 0.968 bits per heavy atom. The number of anilines is 1. The standard InChI is InChI=1S/C24H18N2O5/c1-15-6-5-9-19(14-15)25-21(16-10-12-18(13-11-16)26(30)31)20(23(28)24(25)29)22(27)17-7-3-2-4-8-17/h2-14,21,27H,1H3/b22-20-. The van der Waals surface area contributed by atoms with Crippen molar-refractivity contribution in [2.75, 3.05) is 4.90 Å². The molecule has 1 aliphatic rings. The second kappa shape index (κ2) is 7.87. The maximum atomic E-state index is 13.0. The number of nitro groups is 1. The zero-order valence-electron chi connectivity index (χ0n) is 16.6. The summed E-state index contributed by atoms with van der Waals surface area (Å²) in [5, 5.41) is 22.0. The molecule has 3 aromatic carbocycles. The number of non-ortho nitro benzene ring substituents is 1. The lowest BCUT2D eigenvalue weighted by molar-refractivity contribution is -0.384. The molecular formula is C24H18N2O5. The fourth-order valence-electron chi connectivity index (χ4n) is 3.72. The molecule has 1 fully saturated rings. The first kappa shape index (κ1) is 20.0. The monoisotopic (exact) mass is 414 g/mol. The third-order valence-corrected chi connectivity index (χ3v) is 5.19. The number of hydrogen-bond donors (Lipinski definition) is 1. The predicted octanol–water partition coefficient (Wildman–Crippen LogP) is 4.53. The molecule has 154 valence electrons. The molecule has 4 rings (SSSR count). The Kier molecular flexibility index (Phi) is 5.09. The molecule has 1 unspecified atom stereocenters. The topological polar surface area (TPSA) is 101 Å². The third kappa shape index (κ3) is 3.57. The van der Waals surface area contributed by atoms with Crippen LogP contribution in [0.15, 0.2) is 84.4 Å². The van der Waals surface area contributed by atoms with Crippen molar-refractivity contribution in [3.8, 4) is 0 Å². The lowest BCUT2D eigenvalue weighted by Crippen LogP contribution is -2.29. The first-order valence-electron chi connectivity index (χ1n) is 9.56. The first-order valence-corrected chi connectivity index (χ1v) is 9.56. The molecule has 0 radical (unpaired) electrons. The van der Waals surface area contributed by atoms with E-state index >= 15 is 0 Å². The molecule has 7 heteroatoms. The smallest absolute Gasteiger partial charge is 0.300 e. The molecule has 31 heavy (non-hydrogen) atoms. The quantitative estimate of drug-likeness (QED) is 0.222. The first-order chi connectivity index (χ1) is 14.9. The number of hydrogen-bond acceptors (Lipinski definition) is 5. The molecular weight excluding hydrogens is 396 g/mol. The van der Waals surface area contributed by atoms with E-state index in [1.54, 1.807) is 48.5 Å². The number of aryl methyl sites for hydroxylation is 1. The summed E-state index contributed by atoms with van der Waals surface area (Å²) in [7, 11) is 0. The highest BCUT2D eigenvalue weighted by Gasteiger charge is 2.47. The Bertz CT molecular complexity index is 1220. The van der Waals surface area contributed by atoms with Gasteiger partial charge in [0.15, 0.2) is 0 Å². The Morgan fingerprint density at radius 3 is 2.26 bits per heavy atom. The van der Waals surface area contributed by atoms with Crippen LogP contribution in [0.2, 0.25) is 0 Å². The number of amides is 1. The molecule has 1 aliphatic heterocycles. The fraction of sp³-hybridized carbons (Fsp3) is 0.0833. The van der Waals surface area contributed by atoms with Crippen LogP contribution in [0.25, 0.3) is 5.76 Å². The van der Waals surface area contributed by atoms with Crippen molar-refractivity contribution in [3.05, 3.63) is 111 Å². The number of carbonyl (C=O) groups excluding carboxylic acids is 2. The van der Waals surface area contributed by atoms with E-state index in [4.69, 9.17) is 0 Å². The van der Waals surface area contributed by atoms with Crippen LogP contribution in [0, 0.1) is 17.0 Å². The second-order valence-electron chi connectivity index (χ2n) is 7.22. The van der Waals surface area contributed by atoms with Crippen LogP contribution in [0.5, 0.6) is 0 Å². The van der Waals surface area contributed by atoms with Gasteiger partial charge in [-0.05, 0) is 42.3 Å². The van der Waals surface area contributed by atoms with Crippen molar-refractivity contribution in [2.45, 2.75) is 13.0 Å². The molecule has 0 aromatic heterocycles. The average molecular weight is 414 g/mol. The minimum atomic E-state index is -0.928. The van der Waals surface area contributed by atoms with Gasteiger partial charge >= 0.3 is 0 Å². The number of carbonyl (C=O) groups is 2. The van der Waals surface area contributed by atoms with Gasteiger partial charge in [0.2, 0.25) is 0 Å². The molecule has 1 amide bonds. The average Bonchev–Trinajstić information content (AvgIpc) is 3.04. The molecule has 0 aliphatic carbocycles. The Hall–Kier alpha value is -4.26.